The van der Waals surface area contributed by atoms with E-state index < -0.39 is 0 Å². The first-order chi connectivity index (χ1) is 11.8. The van der Waals surface area contributed by atoms with Gasteiger partial charge >= 0.3 is 0 Å². The summed E-state index contributed by atoms with van der Waals surface area (Å²) in [4.78, 5) is 4.70. The van der Waals surface area contributed by atoms with Crippen molar-refractivity contribution in [3.05, 3.63) is 36.1 Å². The number of para-hydroxylation sites is 1. The second kappa shape index (κ2) is 8.73. The topological polar surface area (TPSA) is 58.8 Å². The van der Waals surface area contributed by atoms with Crippen molar-refractivity contribution in [1.82, 2.24) is 10.6 Å². The fraction of sp³-hybridized carbons (Fsp3) is 0.526. The highest BCUT2D eigenvalue weighted by atomic mass is 16.5. The number of aliphatic imine (C=N–C) groups is 1. The molecule has 2 aromatic rings. The van der Waals surface area contributed by atoms with Gasteiger partial charge in [-0.2, -0.15) is 0 Å². The van der Waals surface area contributed by atoms with E-state index in [1.54, 1.807) is 7.11 Å². The fourth-order valence-electron chi connectivity index (χ4n) is 3.14. The van der Waals surface area contributed by atoms with E-state index >= 15 is 0 Å². The standard InChI is InChI=1S/C19H27N3O2/c1-23-12-11-20-19(22-16-8-3-2-4-9-16)21-14-17-13-15-7-5-6-10-18(15)24-17/h5-7,10,13,16H,2-4,8-9,11-12,14H2,1H3,(H2,20,21,22). The molecule has 0 saturated heterocycles. The van der Waals surface area contributed by atoms with Crippen molar-refractivity contribution in [3.63, 3.8) is 0 Å². The van der Waals surface area contributed by atoms with Crippen LogP contribution in [0.1, 0.15) is 37.9 Å². The van der Waals surface area contributed by atoms with Crippen LogP contribution in [0.15, 0.2) is 39.7 Å². The first-order valence-electron chi connectivity index (χ1n) is 8.86. The first-order valence-corrected chi connectivity index (χ1v) is 8.86. The molecule has 24 heavy (non-hydrogen) atoms. The van der Waals surface area contributed by atoms with Crippen LogP contribution in [0.3, 0.4) is 0 Å². The summed E-state index contributed by atoms with van der Waals surface area (Å²) in [6.45, 7) is 1.94. The Morgan fingerprint density at radius 1 is 1.25 bits per heavy atom. The highest BCUT2D eigenvalue weighted by Crippen LogP contribution is 2.20. The van der Waals surface area contributed by atoms with Gasteiger partial charge < -0.3 is 19.8 Å². The van der Waals surface area contributed by atoms with Gasteiger partial charge in [0.15, 0.2) is 5.96 Å². The normalized spacial score (nSPS) is 16.5. The molecule has 5 heteroatoms. The Balaban J connectivity index is 1.64. The minimum Gasteiger partial charge on any atom is -0.459 e. The number of nitrogens with zero attached hydrogens (tertiary/aromatic N) is 1. The Hall–Kier alpha value is -2.01. The maximum absolute atomic E-state index is 5.85. The third-order valence-electron chi connectivity index (χ3n) is 4.41. The molecule has 0 atom stereocenters. The number of benzene rings is 1. The number of methoxy groups -OCH3 is 1. The summed E-state index contributed by atoms with van der Waals surface area (Å²) in [5, 5.41) is 8.03. The molecule has 5 nitrogen and oxygen atoms in total. The van der Waals surface area contributed by atoms with E-state index in [1.165, 1.54) is 32.1 Å². The summed E-state index contributed by atoms with van der Waals surface area (Å²) in [6.07, 6.45) is 6.38. The molecule has 0 spiro atoms. The van der Waals surface area contributed by atoms with Crippen LogP contribution in [0.2, 0.25) is 0 Å². The number of furan rings is 1. The van der Waals surface area contributed by atoms with Crippen LogP contribution in [0.25, 0.3) is 11.0 Å². The quantitative estimate of drug-likeness (QED) is 0.484. The second-order valence-electron chi connectivity index (χ2n) is 6.31. The van der Waals surface area contributed by atoms with Gasteiger partial charge in [0.25, 0.3) is 0 Å². The molecular formula is C19H27N3O2. The average Bonchev–Trinajstić information content (AvgIpc) is 3.03. The molecule has 130 valence electrons. The van der Waals surface area contributed by atoms with E-state index in [0.717, 1.165) is 29.2 Å². The third-order valence-corrected chi connectivity index (χ3v) is 4.41. The van der Waals surface area contributed by atoms with Crippen molar-refractivity contribution in [3.8, 4) is 0 Å². The van der Waals surface area contributed by atoms with Crippen molar-refractivity contribution < 1.29 is 9.15 Å². The zero-order chi connectivity index (χ0) is 16.6. The van der Waals surface area contributed by atoms with Gasteiger partial charge in [-0.25, -0.2) is 4.99 Å². The predicted octanol–water partition coefficient (Wildman–Crippen LogP) is 3.45. The Labute approximate surface area is 143 Å². The van der Waals surface area contributed by atoms with Crippen molar-refractivity contribution in [2.24, 2.45) is 4.99 Å². The summed E-state index contributed by atoms with van der Waals surface area (Å²) in [5.41, 5.74) is 0.914. The zero-order valence-corrected chi connectivity index (χ0v) is 14.4. The molecule has 1 aromatic carbocycles. The van der Waals surface area contributed by atoms with Gasteiger partial charge in [-0.3, -0.25) is 0 Å². The van der Waals surface area contributed by atoms with Crippen LogP contribution in [-0.2, 0) is 11.3 Å². The minimum atomic E-state index is 0.517. The highest BCUT2D eigenvalue weighted by Gasteiger charge is 2.14. The van der Waals surface area contributed by atoms with Crippen LogP contribution in [0.5, 0.6) is 0 Å². The van der Waals surface area contributed by atoms with Gasteiger partial charge in [-0.05, 0) is 25.0 Å². The maximum Gasteiger partial charge on any atom is 0.192 e. The number of guanidine groups is 1. The minimum absolute atomic E-state index is 0.517. The molecular weight excluding hydrogens is 302 g/mol. The van der Waals surface area contributed by atoms with Crippen LogP contribution < -0.4 is 10.6 Å². The summed E-state index contributed by atoms with van der Waals surface area (Å²) in [7, 11) is 1.71. The number of fused-ring (bicyclic) bond motifs is 1. The highest BCUT2D eigenvalue weighted by molar-refractivity contribution is 5.80. The molecule has 1 aliphatic rings. The van der Waals surface area contributed by atoms with Gasteiger partial charge in [0.05, 0.1) is 6.61 Å². The monoisotopic (exact) mass is 329 g/mol. The van der Waals surface area contributed by atoms with E-state index in [2.05, 4.69) is 22.8 Å². The molecule has 0 bridgehead atoms. The lowest BCUT2D eigenvalue weighted by Crippen LogP contribution is -2.45. The van der Waals surface area contributed by atoms with Gasteiger partial charge in [0.1, 0.15) is 17.9 Å². The molecule has 0 radical (unpaired) electrons. The number of hydrogen-bond acceptors (Lipinski definition) is 3. The van der Waals surface area contributed by atoms with E-state index in [4.69, 9.17) is 14.1 Å². The van der Waals surface area contributed by atoms with Crippen LogP contribution in [0.4, 0.5) is 0 Å². The SMILES string of the molecule is COCCNC(=NCc1cc2ccccc2o1)NC1CCCCC1. The van der Waals surface area contributed by atoms with Gasteiger partial charge in [0.2, 0.25) is 0 Å². The molecule has 1 aliphatic carbocycles. The van der Waals surface area contributed by atoms with Gasteiger partial charge in [-0.15, -0.1) is 0 Å². The molecule has 1 aromatic heterocycles. The molecule has 0 amide bonds. The Bertz CT molecular complexity index is 626. The molecule has 1 saturated carbocycles. The van der Waals surface area contributed by atoms with Crippen LogP contribution in [-0.4, -0.2) is 32.3 Å². The van der Waals surface area contributed by atoms with Crippen molar-refractivity contribution in [1.29, 1.82) is 0 Å². The van der Waals surface area contributed by atoms with Crippen molar-refractivity contribution in [2.75, 3.05) is 20.3 Å². The lowest BCUT2D eigenvalue weighted by atomic mass is 9.96. The summed E-state index contributed by atoms with van der Waals surface area (Å²) < 4.78 is 11.0. The molecule has 2 N–H and O–H groups in total. The van der Waals surface area contributed by atoms with Crippen molar-refractivity contribution >= 4 is 16.9 Å². The van der Waals surface area contributed by atoms with Gasteiger partial charge in [0, 0.05) is 25.1 Å². The van der Waals surface area contributed by atoms with Crippen LogP contribution in [0, 0.1) is 0 Å². The number of hydrogen-bond donors (Lipinski definition) is 2. The number of rotatable bonds is 6. The van der Waals surface area contributed by atoms with Gasteiger partial charge in [-0.1, -0.05) is 37.5 Å². The summed E-state index contributed by atoms with van der Waals surface area (Å²) >= 11 is 0. The lowest BCUT2D eigenvalue weighted by Gasteiger charge is -2.25. The predicted molar refractivity (Wildman–Crippen MR) is 97.2 cm³/mol. The zero-order valence-electron chi connectivity index (χ0n) is 14.4. The smallest absolute Gasteiger partial charge is 0.192 e. The Morgan fingerprint density at radius 3 is 2.88 bits per heavy atom. The summed E-state index contributed by atoms with van der Waals surface area (Å²) in [6, 6.07) is 10.6. The first kappa shape index (κ1) is 16.8. The molecule has 0 unspecified atom stereocenters. The third kappa shape index (κ3) is 4.74. The molecule has 1 heterocycles. The van der Waals surface area contributed by atoms with E-state index in [9.17, 15) is 0 Å². The maximum atomic E-state index is 5.85. The van der Waals surface area contributed by atoms with E-state index in [-0.39, 0.29) is 0 Å². The van der Waals surface area contributed by atoms with Crippen LogP contribution >= 0.6 is 0 Å². The lowest BCUT2D eigenvalue weighted by molar-refractivity contribution is 0.203. The summed E-state index contributed by atoms with van der Waals surface area (Å²) in [5.74, 6) is 1.73. The Morgan fingerprint density at radius 2 is 2.08 bits per heavy atom. The second-order valence-corrected chi connectivity index (χ2v) is 6.31. The fourth-order valence-corrected chi connectivity index (χ4v) is 3.14. The number of nitrogens with one attached hydrogen (secondary N) is 2. The number of ether oxygens (including phenoxy) is 1. The Kier molecular flexibility index (Phi) is 6.13. The van der Waals surface area contributed by atoms with E-state index in [0.29, 0.717) is 19.2 Å². The van der Waals surface area contributed by atoms with Crippen molar-refractivity contribution in [2.45, 2.75) is 44.7 Å². The molecule has 3 rings (SSSR count). The van der Waals surface area contributed by atoms with E-state index in [1.807, 2.05) is 18.2 Å². The molecule has 1 fully saturated rings. The largest absolute Gasteiger partial charge is 0.459 e. The average molecular weight is 329 g/mol. The molecule has 0 aliphatic heterocycles.